The Balaban J connectivity index is 2.04. The van der Waals surface area contributed by atoms with Crippen LogP contribution in [0.1, 0.15) is 22.0 Å². The largest absolute Gasteiger partial charge is 0.508 e. The Morgan fingerprint density at radius 1 is 0.952 bits per heavy atom. The van der Waals surface area contributed by atoms with Gasteiger partial charge in [0.25, 0.3) is 0 Å². The molecule has 2 aromatic carbocycles. The molecule has 0 fully saturated rings. The number of ether oxygens (including phenoxy) is 1. The minimum Gasteiger partial charge on any atom is -0.508 e. The first-order chi connectivity index (χ1) is 9.97. The fourth-order valence-electron chi connectivity index (χ4n) is 2.28. The fourth-order valence-corrected chi connectivity index (χ4v) is 2.28. The lowest BCUT2D eigenvalue weighted by Crippen LogP contribution is -2.36. The lowest BCUT2D eigenvalue weighted by atomic mass is 9.93. The van der Waals surface area contributed by atoms with Gasteiger partial charge in [0.1, 0.15) is 11.5 Å². The van der Waals surface area contributed by atoms with Crippen LogP contribution in [0.25, 0.3) is 0 Å². The first-order valence-electron chi connectivity index (χ1n) is 6.21. The number of hydrogen-bond acceptors (Lipinski definition) is 6. The molecule has 2 unspecified atom stereocenters. The van der Waals surface area contributed by atoms with Gasteiger partial charge in [-0.05, 0) is 35.9 Å². The van der Waals surface area contributed by atoms with Crippen molar-refractivity contribution in [2.24, 2.45) is 0 Å². The van der Waals surface area contributed by atoms with Crippen LogP contribution in [-0.2, 0) is 0 Å². The number of phenols is 3. The molecule has 0 saturated heterocycles. The van der Waals surface area contributed by atoms with Gasteiger partial charge >= 0.3 is 0 Å². The van der Waals surface area contributed by atoms with E-state index in [0.29, 0.717) is 5.56 Å². The maximum Gasteiger partial charge on any atom is 0.199 e. The zero-order valence-electron chi connectivity index (χ0n) is 10.7. The minimum absolute atomic E-state index is 0.0985. The molecule has 21 heavy (non-hydrogen) atoms. The summed E-state index contributed by atoms with van der Waals surface area (Å²) < 4.78 is 5.58. The molecule has 4 N–H and O–H groups in total. The highest BCUT2D eigenvalue weighted by Gasteiger charge is 2.37. The molecule has 0 radical (unpaired) electrons. The number of rotatable bonds is 1. The molecule has 1 heterocycles. The van der Waals surface area contributed by atoms with Crippen molar-refractivity contribution < 1.29 is 30.0 Å². The molecule has 0 aliphatic carbocycles. The van der Waals surface area contributed by atoms with Crippen LogP contribution in [-0.4, -0.2) is 32.3 Å². The number of aliphatic hydroxyl groups excluding tert-OH is 1. The van der Waals surface area contributed by atoms with Gasteiger partial charge in [-0.2, -0.15) is 0 Å². The highest BCUT2D eigenvalue weighted by atomic mass is 16.5. The zero-order valence-corrected chi connectivity index (χ0v) is 10.7. The molecule has 1 aliphatic heterocycles. The minimum atomic E-state index is -1.47. The Labute approximate surface area is 119 Å². The summed E-state index contributed by atoms with van der Waals surface area (Å²) in [5.41, 5.74) is 0.451. The Kier molecular flexibility index (Phi) is 2.95. The summed E-state index contributed by atoms with van der Waals surface area (Å²) in [7, 11) is 0. The number of aliphatic hydroxyl groups is 1. The molecule has 6 nitrogen and oxygen atoms in total. The molecule has 6 heteroatoms. The van der Waals surface area contributed by atoms with E-state index in [0.717, 1.165) is 0 Å². The van der Waals surface area contributed by atoms with Crippen LogP contribution in [0.2, 0.25) is 0 Å². The lowest BCUT2D eigenvalue weighted by Gasteiger charge is -2.29. The van der Waals surface area contributed by atoms with E-state index >= 15 is 0 Å². The second-order valence-electron chi connectivity index (χ2n) is 4.78. The van der Waals surface area contributed by atoms with Crippen molar-refractivity contribution in [3.05, 3.63) is 47.5 Å². The average molecular weight is 288 g/mol. The second-order valence-corrected chi connectivity index (χ2v) is 4.78. The number of ketones is 1. The van der Waals surface area contributed by atoms with Crippen LogP contribution in [0.3, 0.4) is 0 Å². The maximum absolute atomic E-state index is 12.2. The number of phenolic OH excluding ortho intramolecular Hbond substituents is 3. The van der Waals surface area contributed by atoms with Crippen LogP contribution < -0.4 is 4.74 Å². The van der Waals surface area contributed by atoms with Crippen LogP contribution >= 0.6 is 0 Å². The molecule has 2 atom stereocenters. The predicted octanol–water partition coefficient (Wildman–Crippen LogP) is 1.48. The van der Waals surface area contributed by atoms with Gasteiger partial charge in [0.05, 0.1) is 5.56 Å². The van der Waals surface area contributed by atoms with Crippen molar-refractivity contribution in [2.45, 2.75) is 12.2 Å². The van der Waals surface area contributed by atoms with Crippen molar-refractivity contribution in [2.75, 3.05) is 0 Å². The standard InChI is InChI=1S/C15H12O6/c16-8-2-4-12-9(6-8)13(19)14(20)15(21-12)7-1-3-10(17)11(18)5-7/h1-6,14-18,20H. The third-order valence-corrected chi connectivity index (χ3v) is 3.37. The fraction of sp³-hybridized carbons (Fsp3) is 0.133. The third-order valence-electron chi connectivity index (χ3n) is 3.37. The highest BCUT2D eigenvalue weighted by Crippen LogP contribution is 2.38. The summed E-state index contributed by atoms with van der Waals surface area (Å²) in [6.45, 7) is 0. The van der Waals surface area contributed by atoms with E-state index in [-0.39, 0.29) is 28.6 Å². The van der Waals surface area contributed by atoms with E-state index in [9.17, 15) is 25.2 Å². The van der Waals surface area contributed by atoms with Crippen LogP contribution in [0, 0.1) is 0 Å². The van der Waals surface area contributed by atoms with E-state index in [1.165, 1.54) is 36.4 Å². The zero-order chi connectivity index (χ0) is 15.1. The topological polar surface area (TPSA) is 107 Å². The average Bonchev–Trinajstić information content (AvgIpc) is 2.46. The quantitative estimate of drug-likeness (QED) is 0.592. The van der Waals surface area contributed by atoms with Gasteiger partial charge in [0.15, 0.2) is 29.5 Å². The number of carbonyl (C=O) groups excluding carboxylic acids is 1. The molecule has 3 rings (SSSR count). The lowest BCUT2D eigenvalue weighted by molar-refractivity contribution is 0.0215. The maximum atomic E-state index is 12.2. The van der Waals surface area contributed by atoms with E-state index < -0.39 is 18.0 Å². The number of fused-ring (bicyclic) bond motifs is 1. The third kappa shape index (κ3) is 2.15. The van der Waals surface area contributed by atoms with E-state index in [1.807, 2.05) is 0 Å². The van der Waals surface area contributed by atoms with Gasteiger partial charge in [0.2, 0.25) is 0 Å². The first kappa shape index (κ1) is 13.3. The summed E-state index contributed by atoms with van der Waals surface area (Å²) in [6.07, 6.45) is -2.47. The summed E-state index contributed by atoms with van der Waals surface area (Å²) >= 11 is 0. The number of benzene rings is 2. The summed E-state index contributed by atoms with van der Waals surface area (Å²) in [5.74, 6) is -1.11. The molecule has 0 aromatic heterocycles. The summed E-state index contributed by atoms with van der Waals surface area (Å²) in [5, 5.41) is 38.3. The van der Waals surface area contributed by atoms with Crippen molar-refractivity contribution >= 4 is 5.78 Å². The molecule has 1 aliphatic rings. The van der Waals surface area contributed by atoms with Crippen molar-refractivity contribution in [3.8, 4) is 23.0 Å². The van der Waals surface area contributed by atoms with Gasteiger partial charge in [0, 0.05) is 0 Å². The van der Waals surface area contributed by atoms with E-state index in [2.05, 4.69) is 0 Å². The monoisotopic (exact) mass is 288 g/mol. The molecule has 0 bridgehead atoms. The molecule has 0 amide bonds. The van der Waals surface area contributed by atoms with Crippen LogP contribution in [0.5, 0.6) is 23.0 Å². The van der Waals surface area contributed by atoms with Crippen molar-refractivity contribution in [3.63, 3.8) is 0 Å². The SMILES string of the molecule is O=C1c2cc(O)ccc2OC(c2ccc(O)c(O)c2)C1O. The molecular weight excluding hydrogens is 276 g/mol. The Morgan fingerprint density at radius 2 is 1.71 bits per heavy atom. The predicted molar refractivity (Wildman–Crippen MR) is 71.6 cm³/mol. The van der Waals surface area contributed by atoms with E-state index in [1.54, 1.807) is 0 Å². The molecule has 2 aromatic rings. The van der Waals surface area contributed by atoms with Crippen LogP contribution in [0.4, 0.5) is 0 Å². The Morgan fingerprint density at radius 3 is 2.43 bits per heavy atom. The van der Waals surface area contributed by atoms with Gasteiger partial charge in [-0.1, -0.05) is 6.07 Å². The second kappa shape index (κ2) is 4.68. The Hall–Kier alpha value is -2.73. The Bertz CT molecular complexity index is 724. The molecular formula is C15H12O6. The van der Waals surface area contributed by atoms with Crippen LogP contribution in [0.15, 0.2) is 36.4 Å². The summed E-state index contributed by atoms with van der Waals surface area (Å²) in [4.78, 5) is 12.2. The first-order valence-corrected chi connectivity index (χ1v) is 6.21. The van der Waals surface area contributed by atoms with Gasteiger partial charge in [-0.3, -0.25) is 4.79 Å². The normalized spacial score (nSPS) is 20.7. The number of aromatic hydroxyl groups is 3. The van der Waals surface area contributed by atoms with Gasteiger partial charge in [-0.15, -0.1) is 0 Å². The molecule has 0 saturated carbocycles. The smallest absolute Gasteiger partial charge is 0.199 e. The van der Waals surface area contributed by atoms with Crippen molar-refractivity contribution in [1.29, 1.82) is 0 Å². The highest BCUT2D eigenvalue weighted by molar-refractivity contribution is 6.03. The number of hydrogen-bond donors (Lipinski definition) is 4. The van der Waals surface area contributed by atoms with Gasteiger partial charge < -0.3 is 25.2 Å². The molecule has 108 valence electrons. The molecule has 0 spiro atoms. The number of Topliss-reactive ketones (excluding diaryl/α,β-unsaturated/α-hetero) is 1. The van der Waals surface area contributed by atoms with E-state index in [4.69, 9.17) is 4.74 Å². The van der Waals surface area contributed by atoms with Gasteiger partial charge in [-0.25, -0.2) is 0 Å². The van der Waals surface area contributed by atoms with Crippen molar-refractivity contribution in [1.82, 2.24) is 0 Å². The number of carbonyl (C=O) groups is 1. The summed E-state index contributed by atoms with van der Waals surface area (Å²) in [6, 6.07) is 7.95.